The minimum absolute atomic E-state index is 0.836. The van der Waals surface area contributed by atoms with Gasteiger partial charge in [0.2, 0.25) is 0 Å². The highest BCUT2D eigenvalue weighted by atomic mass is 14.9. The fraction of sp³-hybridized carbons (Fsp3) is 1.00. The Hall–Kier alpha value is -0.0400. The van der Waals surface area contributed by atoms with Gasteiger partial charge in [-0.25, -0.2) is 0 Å². The molecule has 20 heavy (non-hydrogen) atoms. The van der Waals surface area contributed by atoms with Gasteiger partial charge in [-0.2, -0.15) is 0 Å². The maximum atomic E-state index is 3.95. The molecule has 2 rings (SSSR count). The van der Waals surface area contributed by atoms with E-state index in [9.17, 15) is 0 Å². The second kappa shape index (κ2) is 8.41. The van der Waals surface area contributed by atoms with Crippen molar-refractivity contribution < 1.29 is 0 Å². The van der Waals surface area contributed by atoms with E-state index in [4.69, 9.17) is 0 Å². The summed E-state index contributed by atoms with van der Waals surface area (Å²) in [6.45, 7) is 8.36. The normalized spacial score (nSPS) is 30.6. The highest BCUT2D eigenvalue weighted by Crippen LogP contribution is 2.39. The summed E-state index contributed by atoms with van der Waals surface area (Å²) in [7, 11) is 0. The molecule has 0 heterocycles. The predicted molar refractivity (Wildman–Crippen MR) is 88.9 cm³/mol. The molecule has 0 saturated heterocycles. The smallest absolute Gasteiger partial charge is 0.0124 e. The van der Waals surface area contributed by atoms with Crippen LogP contribution in [-0.2, 0) is 0 Å². The summed E-state index contributed by atoms with van der Waals surface area (Å²) in [6.07, 6.45) is 14.7. The maximum absolute atomic E-state index is 3.95. The van der Waals surface area contributed by atoms with Crippen molar-refractivity contribution in [2.24, 2.45) is 23.7 Å². The van der Waals surface area contributed by atoms with Crippen LogP contribution < -0.4 is 5.32 Å². The highest BCUT2D eigenvalue weighted by Gasteiger charge is 2.33. The first kappa shape index (κ1) is 16.3. The Morgan fingerprint density at radius 2 is 1.35 bits per heavy atom. The third-order valence-corrected chi connectivity index (χ3v) is 6.05. The number of hydrogen-bond acceptors (Lipinski definition) is 1. The summed E-state index contributed by atoms with van der Waals surface area (Å²) >= 11 is 0. The molecule has 0 aromatic rings. The predicted octanol–water partition coefficient (Wildman–Crippen LogP) is 5.40. The first-order chi connectivity index (χ1) is 9.72. The van der Waals surface area contributed by atoms with Gasteiger partial charge in [-0.05, 0) is 75.2 Å². The van der Waals surface area contributed by atoms with Gasteiger partial charge in [0.15, 0.2) is 0 Å². The van der Waals surface area contributed by atoms with Crippen LogP contribution in [0, 0.1) is 23.7 Å². The molecule has 1 N–H and O–H groups in total. The molecule has 0 amide bonds. The Kier molecular flexibility index (Phi) is 6.87. The van der Waals surface area contributed by atoms with Crippen LogP contribution in [0.5, 0.6) is 0 Å². The summed E-state index contributed by atoms with van der Waals surface area (Å²) in [4.78, 5) is 0. The monoisotopic (exact) mass is 279 g/mol. The Bertz CT molecular complexity index is 246. The van der Waals surface area contributed by atoms with Crippen molar-refractivity contribution in [2.75, 3.05) is 6.54 Å². The van der Waals surface area contributed by atoms with Crippen molar-refractivity contribution >= 4 is 0 Å². The van der Waals surface area contributed by atoms with Crippen LogP contribution in [0.15, 0.2) is 0 Å². The molecule has 1 unspecified atom stereocenters. The molecule has 0 radical (unpaired) electrons. The number of hydrogen-bond donors (Lipinski definition) is 1. The standard InChI is InChI=1S/C19H37N/c1-4-14-20-19(17-8-6-5-7-9-17)18-12-10-16(11-13-18)15(2)3/h15-20H,4-14H2,1-3H3. The second-order valence-electron chi connectivity index (χ2n) is 7.80. The average Bonchev–Trinajstić information content (AvgIpc) is 2.49. The summed E-state index contributed by atoms with van der Waals surface area (Å²) in [5.41, 5.74) is 0. The molecule has 0 bridgehead atoms. The molecule has 2 aliphatic carbocycles. The lowest BCUT2D eigenvalue weighted by molar-refractivity contribution is 0.138. The molecular formula is C19H37N. The fourth-order valence-corrected chi connectivity index (χ4v) is 4.69. The Balaban J connectivity index is 1.89. The van der Waals surface area contributed by atoms with Crippen LogP contribution in [0.1, 0.15) is 85.0 Å². The zero-order valence-corrected chi connectivity index (χ0v) is 14.2. The van der Waals surface area contributed by atoms with Gasteiger partial charge < -0.3 is 5.32 Å². The minimum Gasteiger partial charge on any atom is -0.313 e. The largest absolute Gasteiger partial charge is 0.313 e. The van der Waals surface area contributed by atoms with Crippen LogP contribution in [0.25, 0.3) is 0 Å². The molecule has 1 atom stereocenters. The van der Waals surface area contributed by atoms with Crippen molar-refractivity contribution in [1.82, 2.24) is 5.32 Å². The van der Waals surface area contributed by atoms with Gasteiger partial charge in [0.25, 0.3) is 0 Å². The van der Waals surface area contributed by atoms with Gasteiger partial charge in [0.1, 0.15) is 0 Å². The van der Waals surface area contributed by atoms with Gasteiger partial charge in [0, 0.05) is 6.04 Å². The van der Waals surface area contributed by atoms with Gasteiger partial charge >= 0.3 is 0 Å². The van der Waals surface area contributed by atoms with Crippen molar-refractivity contribution in [2.45, 2.75) is 91.0 Å². The van der Waals surface area contributed by atoms with Crippen LogP contribution in [-0.4, -0.2) is 12.6 Å². The van der Waals surface area contributed by atoms with E-state index in [2.05, 4.69) is 26.1 Å². The summed E-state index contributed by atoms with van der Waals surface area (Å²) in [5.74, 6) is 3.85. The van der Waals surface area contributed by atoms with E-state index in [0.717, 1.165) is 29.7 Å². The van der Waals surface area contributed by atoms with E-state index in [1.165, 1.54) is 70.8 Å². The second-order valence-corrected chi connectivity index (χ2v) is 7.80. The number of nitrogens with one attached hydrogen (secondary N) is 1. The summed E-state index contributed by atoms with van der Waals surface area (Å²) in [5, 5.41) is 3.95. The minimum atomic E-state index is 0.836. The first-order valence-electron chi connectivity index (χ1n) is 9.45. The molecule has 2 fully saturated rings. The zero-order chi connectivity index (χ0) is 14.4. The van der Waals surface area contributed by atoms with E-state index >= 15 is 0 Å². The lowest BCUT2D eigenvalue weighted by Gasteiger charge is -2.41. The first-order valence-corrected chi connectivity index (χ1v) is 9.45. The van der Waals surface area contributed by atoms with Crippen molar-refractivity contribution in [3.8, 4) is 0 Å². The molecule has 0 aliphatic heterocycles. The van der Waals surface area contributed by atoms with Crippen LogP contribution in [0.4, 0.5) is 0 Å². The fourth-order valence-electron chi connectivity index (χ4n) is 4.69. The average molecular weight is 280 g/mol. The van der Waals surface area contributed by atoms with E-state index in [0.29, 0.717) is 0 Å². The van der Waals surface area contributed by atoms with E-state index in [1.807, 2.05) is 0 Å². The van der Waals surface area contributed by atoms with E-state index in [-0.39, 0.29) is 0 Å². The summed E-state index contributed by atoms with van der Waals surface area (Å²) < 4.78 is 0. The van der Waals surface area contributed by atoms with Crippen LogP contribution >= 0.6 is 0 Å². The maximum Gasteiger partial charge on any atom is 0.0124 e. The zero-order valence-electron chi connectivity index (χ0n) is 14.2. The molecule has 0 aromatic heterocycles. The van der Waals surface area contributed by atoms with E-state index < -0.39 is 0 Å². The lowest BCUT2D eigenvalue weighted by Crippen LogP contribution is -2.44. The SMILES string of the molecule is CCCNC(C1CCCCC1)C1CCC(C(C)C)CC1. The third kappa shape index (κ3) is 4.48. The molecule has 118 valence electrons. The van der Waals surface area contributed by atoms with Gasteiger partial charge in [-0.1, -0.05) is 40.0 Å². The van der Waals surface area contributed by atoms with Gasteiger partial charge in [0.05, 0.1) is 0 Å². The Morgan fingerprint density at radius 1 is 0.800 bits per heavy atom. The number of rotatable bonds is 6. The van der Waals surface area contributed by atoms with Gasteiger partial charge in [-0.3, -0.25) is 0 Å². The Morgan fingerprint density at radius 3 is 1.90 bits per heavy atom. The third-order valence-electron chi connectivity index (χ3n) is 6.05. The van der Waals surface area contributed by atoms with Crippen LogP contribution in [0.2, 0.25) is 0 Å². The quantitative estimate of drug-likeness (QED) is 0.686. The van der Waals surface area contributed by atoms with E-state index in [1.54, 1.807) is 0 Å². The van der Waals surface area contributed by atoms with Crippen molar-refractivity contribution in [1.29, 1.82) is 0 Å². The van der Waals surface area contributed by atoms with Crippen LogP contribution in [0.3, 0.4) is 0 Å². The molecule has 2 aliphatic rings. The van der Waals surface area contributed by atoms with Crippen molar-refractivity contribution in [3.63, 3.8) is 0 Å². The van der Waals surface area contributed by atoms with Gasteiger partial charge in [-0.15, -0.1) is 0 Å². The molecule has 1 nitrogen and oxygen atoms in total. The molecule has 0 aromatic carbocycles. The highest BCUT2D eigenvalue weighted by molar-refractivity contribution is 4.88. The van der Waals surface area contributed by atoms with Crippen molar-refractivity contribution in [3.05, 3.63) is 0 Å². The Labute approximate surface area is 127 Å². The lowest BCUT2D eigenvalue weighted by atomic mass is 9.70. The molecular weight excluding hydrogens is 242 g/mol. The molecule has 2 saturated carbocycles. The topological polar surface area (TPSA) is 12.0 Å². The molecule has 0 spiro atoms. The summed E-state index contributed by atoms with van der Waals surface area (Å²) in [6, 6.07) is 0.836. The molecule has 1 heteroatoms.